The summed E-state index contributed by atoms with van der Waals surface area (Å²) in [7, 11) is -4.56. The molecule has 0 saturated heterocycles. The van der Waals surface area contributed by atoms with Crippen LogP contribution in [0.3, 0.4) is 0 Å². The summed E-state index contributed by atoms with van der Waals surface area (Å²) in [4.78, 5) is 12.4. The summed E-state index contributed by atoms with van der Waals surface area (Å²) >= 11 is 0. The minimum absolute atomic E-state index is 0.175. The highest BCUT2D eigenvalue weighted by molar-refractivity contribution is 7.89. The molecule has 0 aromatic heterocycles. The van der Waals surface area contributed by atoms with Crippen molar-refractivity contribution < 1.29 is 22.5 Å². The average Bonchev–Trinajstić information content (AvgIpc) is 2.67. The Balaban J connectivity index is 3.08. The second-order valence-corrected chi connectivity index (χ2v) is 12.8. The first-order chi connectivity index (χ1) is 15.6. The molecule has 1 aromatic carbocycles. The molecule has 7 heteroatoms. The Morgan fingerprint density at radius 2 is 1.35 bits per heavy atom. The van der Waals surface area contributed by atoms with E-state index in [9.17, 15) is 18.3 Å². The van der Waals surface area contributed by atoms with Gasteiger partial charge in [-0.25, -0.2) is 4.79 Å². The fourth-order valence-corrected chi connectivity index (χ4v) is 5.35. The molecule has 0 radical (unpaired) electrons. The molecule has 0 aliphatic rings. The molecule has 0 fully saturated rings. The number of amides is 1. The minimum atomic E-state index is -4.56. The lowest BCUT2D eigenvalue weighted by Gasteiger charge is -2.33. The van der Waals surface area contributed by atoms with E-state index in [2.05, 4.69) is 6.92 Å². The molecule has 0 saturated carbocycles. The van der Waals surface area contributed by atoms with Crippen LogP contribution in [-0.2, 0) is 25.3 Å². The van der Waals surface area contributed by atoms with E-state index in [4.69, 9.17) is 4.18 Å². The predicted octanol–water partition coefficient (Wildman–Crippen LogP) is 7.95. The van der Waals surface area contributed by atoms with E-state index in [0.29, 0.717) is 21.9 Å². The first-order valence-corrected chi connectivity index (χ1v) is 14.1. The lowest BCUT2D eigenvalue weighted by atomic mass is 9.79. The zero-order chi connectivity index (χ0) is 26.2. The van der Waals surface area contributed by atoms with Crippen LogP contribution < -0.4 is 4.31 Å². The predicted molar refractivity (Wildman–Crippen MR) is 141 cm³/mol. The second kappa shape index (κ2) is 12.9. The Kier molecular flexibility index (Phi) is 11.6. The average molecular weight is 498 g/mol. The standard InChI is InChI=1S/C27H47NO5S/c1-9-10-11-12-13-14-15-16-18-21(2)33-34(31,32)28(25(29)30)24-22(26(3,4)5)19-17-20-23(24)27(6,7)8/h17,19-21H,9-16,18H2,1-8H3,(H,29,30). The number of benzene rings is 1. The first kappa shape index (κ1) is 30.4. The SMILES string of the molecule is CCCCCCCCCCC(C)OS(=O)(=O)N(C(=O)O)c1c(C(C)(C)C)cccc1C(C)(C)C. The third kappa shape index (κ3) is 9.21. The van der Waals surface area contributed by atoms with Crippen LogP contribution in [0.15, 0.2) is 18.2 Å². The summed E-state index contributed by atoms with van der Waals surface area (Å²) in [5.41, 5.74) is 0.523. The maximum atomic E-state index is 13.3. The van der Waals surface area contributed by atoms with Crippen LogP contribution in [0.4, 0.5) is 10.5 Å². The quantitative estimate of drug-likeness (QED) is 0.280. The number of rotatable bonds is 13. The molecular weight excluding hydrogens is 450 g/mol. The fraction of sp³-hybridized carbons (Fsp3) is 0.741. The van der Waals surface area contributed by atoms with Gasteiger partial charge in [-0.3, -0.25) is 4.18 Å². The summed E-state index contributed by atoms with van der Waals surface area (Å²) < 4.78 is 32.5. The maximum Gasteiger partial charge on any atom is 0.427 e. The van der Waals surface area contributed by atoms with Gasteiger partial charge in [0.15, 0.2) is 0 Å². The molecule has 34 heavy (non-hydrogen) atoms. The summed E-state index contributed by atoms with van der Waals surface area (Å²) in [6, 6.07) is 5.43. The summed E-state index contributed by atoms with van der Waals surface area (Å²) in [6.07, 6.45) is 7.59. The van der Waals surface area contributed by atoms with Crippen LogP contribution in [0.5, 0.6) is 0 Å². The third-order valence-electron chi connectivity index (χ3n) is 6.00. The highest BCUT2D eigenvalue weighted by Gasteiger charge is 2.39. The van der Waals surface area contributed by atoms with E-state index in [1.165, 1.54) is 32.1 Å². The van der Waals surface area contributed by atoms with E-state index in [1.54, 1.807) is 19.1 Å². The van der Waals surface area contributed by atoms with Crippen molar-refractivity contribution in [2.24, 2.45) is 0 Å². The molecule has 0 heterocycles. The number of anilines is 1. The van der Waals surface area contributed by atoms with E-state index < -0.39 is 33.3 Å². The molecule has 6 nitrogen and oxygen atoms in total. The Morgan fingerprint density at radius 1 is 0.912 bits per heavy atom. The monoisotopic (exact) mass is 497 g/mol. The van der Waals surface area contributed by atoms with E-state index in [-0.39, 0.29) is 5.69 Å². The van der Waals surface area contributed by atoms with Crippen LogP contribution in [0.25, 0.3) is 0 Å². The van der Waals surface area contributed by atoms with Gasteiger partial charge in [0.1, 0.15) is 0 Å². The van der Waals surface area contributed by atoms with Gasteiger partial charge in [0, 0.05) is 0 Å². The zero-order valence-corrected chi connectivity index (χ0v) is 23.4. The fourth-order valence-electron chi connectivity index (χ4n) is 4.14. The van der Waals surface area contributed by atoms with Crippen molar-refractivity contribution in [3.8, 4) is 0 Å². The topological polar surface area (TPSA) is 83.9 Å². The molecule has 1 aromatic rings. The molecule has 1 unspecified atom stereocenters. The lowest BCUT2D eigenvalue weighted by molar-refractivity contribution is 0.196. The van der Waals surface area contributed by atoms with Gasteiger partial charge >= 0.3 is 16.4 Å². The third-order valence-corrected chi connectivity index (χ3v) is 7.36. The van der Waals surface area contributed by atoms with Crippen molar-refractivity contribution in [2.75, 3.05) is 4.31 Å². The van der Waals surface area contributed by atoms with Crippen molar-refractivity contribution in [3.63, 3.8) is 0 Å². The molecule has 1 rings (SSSR count). The number of carbonyl (C=O) groups is 1. The number of nitrogens with zero attached hydrogens (tertiary/aromatic N) is 1. The van der Waals surface area contributed by atoms with Crippen LogP contribution in [-0.4, -0.2) is 25.7 Å². The number of para-hydroxylation sites is 1. The van der Waals surface area contributed by atoms with E-state index >= 15 is 0 Å². The molecule has 0 aliphatic heterocycles. The van der Waals surface area contributed by atoms with Crippen molar-refractivity contribution >= 4 is 22.1 Å². The van der Waals surface area contributed by atoms with Crippen molar-refractivity contribution in [1.29, 1.82) is 0 Å². The number of hydrogen-bond acceptors (Lipinski definition) is 4. The molecular formula is C27H47NO5S. The number of hydrogen-bond donors (Lipinski definition) is 1. The maximum absolute atomic E-state index is 13.3. The van der Waals surface area contributed by atoms with Gasteiger partial charge < -0.3 is 5.11 Å². The summed E-state index contributed by atoms with van der Waals surface area (Å²) in [5, 5.41) is 10.1. The van der Waals surface area contributed by atoms with Gasteiger partial charge in [-0.2, -0.15) is 8.42 Å². The Morgan fingerprint density at radius 3 is 1.76 bits per heavy atom. The molecule has 196 valence electrons. The number of carboxylic acid groups (broad SMARTS) is 1. The highest BCUT2D eigenvalue weighted by atomic mass is 32.2. The molecule has 1 amide bonds. The van der Waals surface area contributed by atoms with Crippen LogP contribution in [0.2, 0.25) is 0 Å². The van der Waals surface area contributed by atoms with Crippen LogP contribution >= 0.6 is 0 Å². The van der Waals surface area contributed by atoms with Crippen molar-refractivity contribution in [3.05, 3.63) is 29.3 Å². The largest absolute Gasteiger partial charge is 0.464 e. The first-order valence-electron chi connectivity index (χ1n) is 12.7. The van der Waals surface area contributed by atoms with Crippen LogP contribution in [0, 0.1) is 0 Å². The molecule has 0 bridgehead atoms. The summed E-state index contributed by atoms with van der Waals surface area (Å²) in [5.74, 6) is 0. The molecule has 0 aliphatic carbocycles. The van der Waals surface area contributed by atoms with Gasteiger partial charge in [-0.1, -0.05) is 118 Å². The van der Waals surface area contributed by atoms with Gasteiger partial charge in [0.25, 0.3) is 0 Å². The van der Waals surface area contributed by atoms with Crippen LogP contribution in [0.1, 0.15) is 124 Å². The van der Waals surface area contributed by atoms with Crippen molar-refractivity contribution in [1.82, 2.24) is 0 Å². The molecule has 0 spiro atoms. The van der Waals surface area contributed by atoms with E-state index in [0.717, 1.165) is 19.3 Å². The molecule has 1 N–H and O–H groups in total. The van der Waals surface area contributed by atoms with E-state index in [1.807, 2.05) is 47.6 Å². The highest BCUT2D eigenvalue weighted by Crippen LogP contribution is 2.41. The zero-order valence-electron chi connectivity index (χ0n) is 22.6. The Hall–Kier alpha value is -1.60. The van der Waals surface area contributed by atoms with Gasteiger partial charge in [0.2, 0.25) is 0 Å². The lowest BCUT2D eigenvalue weighted by Crippen LogP contribution is -2.41. The smallest absolute Gasteiger partial charge is 0.427 e. The van der Waals surface area contributed by atoms with Gasteiger partial charge in [-0.05, 0) is 35.3 Å². The van der Waals surface area contributed by atoms with Gasteiger partial charge in [-0.15, -0.1) is 4.31 Å². The van der Waals surface area contributed by atoms with Gasteiger partial charge in [0.05, 0.1) is 11.8 Å². The molecule has 1 atom stereocenters. The Labute approximate surface area is 208 Å². The summed E-state index contributed by atoms with van der Waals surface area (Å²) in [6.45, 7) is 15.5. The second-order valence-electron chi connectivity index (χ2n) is 11.4. The minimum Gasteiger partial charge on any atom is -0.464 e. The number of unbranched alkanes of at least 4 members (excludes halogenated alkanes) is 7. The van der Waals surface area contributed by atoms with Crippen molar-refractivity contribution in [2.45, 2.75) is 130 Å². The Bertz CT molecular complexity index is 849. The normalized spacial score (nSPS) is 13.6.